The number of amides is 1. The summed E-state index contributed by atoms with van der Waals surface area (Å²) in [5.74, 6) is -3.22. The third-order valence-corrected chi connectivity index (χ3v) is 2.85. The molecule has 0 unspecified atom stereocenters. The van der Waals surface area contributed by atoms with Gasteiger partial charge in [-0.1, -0.05) is 24.3 Å². The van der Waals surface area contributed by atoms with Crippen LogP contribution in [0, 0.1) is 11.8 Å². The number of hydrogen-bond acceptors (Lipinski definition) is 3. The standard InChI is InChI=1S/C15H14F2N2O2/c1-21-9-11-4-2-3-10(7-11)8-19-15(20)12-5-6-18-14(17)13(12)16/h2-7H,8-9H2,1H3,(H,19,20). The number of benzene rings is 1. The molecule has 110 valence electrons. The number of hydrogen-bond donors (Lipinski definition) is 1. The summed E-state index contributed by atoms with van der Waals surface area (Å²) < 4.78 is 31.4. The molecule has 1 amide bonds. The predicted molar refractivity (Wildman–Crippen MR) is 72.5 cm³/mol. The maximum Gasteiger partial charge on any atom is 0.254 e. The minimum absolute atomic E-state index is 0.208. The van der Waals surface area contributed by atoms with Crippen LogP contribution in [0.15, 0.2) is 36.5 Å². The third-order valence-electron chi connectivity index (χ3n) is 2.85. The molecule has 2 aromatic rings. The van der Waals surface area contributed by atoms with E-state index in [2.05, 4.69) is 10.3 Å². The summed E-state index contributed by atoms with van der Waals surface area (Å²) in [6, 6.07) is 8.56. The molecule has 2 rings (SSSR count). The van der Waals surface area contributed by atoms with Crippen molar-refractivity contribution >= 4 is 5.91 Å². The Morgan fingerprint density at radius 1 is 1.29 bits per heavy atom. The van der Waals surface area contributed by atoms with Gasteiger partial charge in [0.15, 0.2) is 5.82 Å². The van der Waals surface area contributed by atoms with Gasteiger partial charge in [-0.3, -0.25) is 4.79 Å². The van der Waals surface area contributed by atoms with Crippen molar-refractivity contribution in [2.45, 2.75) is 13.2 Å². The van der Waals surface area contributed by atoms with Gasteiger partial charge in [-0.15, -0.1) is 0 Å². The molecule has 0 aliphatic carbocycles. The second-order valence-electron chi connectivity index (χ2n) is 4.40. The van der Waals surface area contributed by atoms with Gasteiger partial charge >= 0.3 is 0 Å². The van der Waals surface area contributed by atoms with Crippen molar-refractivity contribution in [2.24, 2.45) is 0 Å². The Morgan fingerprint density at radius 2 is 2.05 bits per heavy atom. The van der Waals surface area contributed by atoms with Gasteiger partial charge in [0, 0.05) is 19.9 Å². The fourth-order valence-electron chi connectivity index (χ4n) is 1.87. The van der Waals surface area contributed by atoms with Gasteiger partial charge in [-0.05, 0) is 17.2 Å². The Hall–Kier alpha value is -2.34. The van der Waals surface area contributed by atoms with Gasteiger partial charge in [0.1, 0.15) is 0 Å². The molecular weight excluding hydrogens is 278 g/mol. The van der Waals surface area contributed by atoms with E-state index in [1.807, 2.05) is 24.3 Å². The number of pyridine rings is 1. The van der Waals surface area contributed by atoms with Crippen LogP contribution >= 0.6 is 0 Å². The first-order valence-corrected chi connectivity index (χ1v) is 6.26. The molecule has 0 bridgehead atoms. The number of nitrogens with one attached hydrogen (secondary N) is 1. The highest BCUT2D eigenvalue weighted by Gasteiger charge is 2.15. The van der Waals surface area contributed by atoms with Crippen molar-refractivity contribution in [1.29, 1.82) is 0 Å². The van der Waals surface area contributed by atoms with E-state index < -0.39 is 17.7 Å². The Morgan fingerprint density at radius 3 is 2.81 bits per heavy atom. The zero-order chi connectivity index (χ0) is 15.2. The lowest BCUT2D eigenvalue weighted by Gasteiger charge is -2.08. The first kappa shape index (κ1) is 15.1. The molecule has 0 radical (unpaired) electrons. The van der Waals surface area contributed by atoms with Gasteiger partial charge in [-0.25, -0.2) is 9.37 Å². The topological polar surface area (TPSA) is 51.2 Å². The summed E-state index contributed by atoms with van der Waals surface area (Å²) in [7, 11) is 1.59. The Labute approximate surface area is 120 Å². The molecule has 21 heavy (non-hydrogen) atoms. The number of aromatic nitrogens is 1. The second kappa shape index (κ2) is 6.90. The molecule has 0 atom stereocenters. The van der Waals surface area contributed by atoms with Crippen molar-refractivity contribution < 1.29 is 18.3 Å². The highest BCUT2D eigenvalue weighted by atomic mass is 19.2. The van der Waals surface area contributed by atoms with Gasteiger partial charge in [0.05, 0.1) is 12.2 Å². The summed E-state index contributed by atoms with van der Waals surface area (Å²) in [6.07, 6.45) is 1.05. The first-order chi connectivity index (χ1) is 10.1. The van der Waals surface area contributed by atoms with Crippen molar-refractivity contribution in [2.75, 3.05) is 7.11 Å². The maximum absolute atomic E-state index is 13.4. The van der Waals surface area contributed by atoms with Crippen LogP contribution in [0.3, 0.4) is 0 Å². The number of carbonyl (C=O) groups excluding carboxylic acids is 1. The number of nitrogens with zero attached hydrogens (tertiary/aromatic N) is 1. The lowest BCUT2D eigenvalue weighted by molar-refractivity contribution is 0.0945. The number of halogens is 2. The summed E-state index contributed by atoms with van der Waals surface area (Å²) in [5.41, 5.74) is 1.44. The Kier molecular flexibility index (Phi) is 4.94. The quantitative estimate of drug-likeness (QED) is 0.861. The van der Waals surface area contributed by atoms with Crippen molar-refractivity contribution in [3.05, 3.63) is 65.0 Å². The molecule has 6 heteroatoms. The Bertz CT molecular complexity index is 647. The normalized spacial score (nSPS) is 10.4. The fourth-order valence-corrected chi connectivity index (χ4v) is 1.87. The van der Waals surface area contributed by atoms with Crippen LogP contribution in [0.4, 0.5) is 8.78 Å². The molecular formula is C15H14F2N2O2. The third kappa shape index (κ3) is 3.82. The van der Waals surface area contributed by atoms with Gasteiger partial charge < -0.3 is 10.1 Å². The zero-order valence-corrected chi connectivity index (χ0v) is 11.4. The smallest absolute Gasteiger partial charge is 0.254 e. The van der Waals surface area contributed by atoms with Gasteiger partial charge in [0.25, 0.3) is 5.91 Å². The van der Waals surface area contributed by atoms with Crippen LogP contribution in [0.25, 0.3) is 0 Å². The summed E-state index contributed by atoms with van der Waals surface area (Å²) in [4.78, 5) is 15.0. The molecule has 1 heterocycles. The average Bonchev–Trinajstić information content (AvgIpc) is 2.48. The number of rotatable bonds is 5. The van der Waals surface area contributed by atoms with Crippen LogP contribution in [0.1, 0.15) is 21.5 Å². The average molecular weight is 292 g/mol. The van der Waals surface area contributed by atoms with E-state index >= 15 is 0 Å². The van der Waals surface area contributed by atoms with Crippen LogP contribution in [0.2, 0.25) is 0 Å². The van der Waals surface area contributed by atoms with E-state index in [9.17, 15) is 13.6 Å². The minimum Gasteiger partial charge on any atom is -0.380 e. The highest BCUT2D eigenvalue weighted by molar-refractivity contribution is 5.94. The van der Waals surface area contributed by atoms with E-state index in [1.54, 1.807) is 7.11 Å². The van der Waals surface area contributed by atoms with Crippen LogP contribution in [-0.2, 0) is 17.9 Å². The predicted octanol–water partition coefficient (Wildman–Crippen LogP) is 2.44. The molecule has 0 saturated heterocycles. The van der Waals surface area contributed by atoms with Gasteiger partial charge in [0.2, 0.25) is 5.95 Å². The molecule has 1 aromatic carbocycles. The monoisotopic (exact) mass is 292 g/mol. The summed E-state index contributed by atoms with van der Waals surface area (Å²) >= 11 is 0. The summed E-state index contributed by atoms with van der Waals surface area (Å²) in [5, 5.41) is 2.54. The van der Waals surface area contributed by atoms with E-state index in [0.717, 1.165) is 23.4 Å². The van der Waals surface area contributed by atoms with Crippen molar-refractivity contribution in [1.82, 2.24) is 10.3 Å². The van der Waals surface area contributed by atoms with Crippen LogP contribution in [0.5, 0.6) is 0 Å². The first-order valence-electron chi connectivity index (χ1n) is 6.26. The molecule has 0 aliphatic rings. The molecule has 0 saturated carbocycles. The van der Waals surface area contributed by atoms with E-state index in [0.29, 0.717) is 6.61 Å². The SMILES string of the molecule is COCc1cccc(CNC(=O)c2ccnc(F)c2F)c1. The molecule has 0 fully saturated rings. The van der Waals surface area contributed by atoms with E-state index in [4.69, 9.17) is 4.74 Å². The van der Waals surface area contributed by atoms with Crippen molar-refractivity contribution in [3.63, 3.8) is 0 Å². The fraction of sp³-hybridized carbons (Fsp3) is 0.200. The lowest BCUT2D eigenvalue weighted by atomic mass is 10.1. The maximum atomic E-state index is 13.4. The molecule has 1 N–H and O–H groups in total. The van der Waals surface area contributed by atoms with E-state index in [1.165, 1.54) is 0 Å². The second-order valence-corrected chi connectivity index (χ2v) is 4.40. The molecule has 0 spiro atoms. The highest BCUT2D eigenvalue weighted by Crippen LogP contribution is 2.10. The molecule has 0 aliphatic heterocycles. The number of ether oxygens (including phenoxy) is 1. The van der Waals surface area contributed by atoms with Crippen molar-refractivity contribution in [3.8, 4) is 0 Å². The molecule has 4 nitrogen and oxygen atoms in total. The summed E-state index contributed by atoms with van der Waals surface area (Å²) in [6.45, 7) is 0.672. The van der Waals surface area contributed by atoms with Crippen LogP contribution in [-0.4, -0.2) is 18.0 Å². The number of methoxy groups -OCH3 is 1. The zero-order valence-electron chi connectivity index (χ0n) is 11.4. The lowest BCUT2D eigenvalue weighted by Crippen LogP contribution is -2.24. The van der Waals surface area contributed by atoms with Crippen LogP contribution < -0.4 is 5.32 Å². The largest absolute Gasteiger partial charge is 0.380 e. The molecule has 1 aromatic heterocycles. The Balaban J connectivity index is 2.04. The number of carbonyl (C=O) groups is 1. The van der Waals surface area contributed by atoms with E-state index in [-0.39, 0.29) is 12.1 Å². The minimum atomic E-state index is -1.29. The van der Waals surface area contributed by atoms with Gasteiger partial charge in [-0.2, -0.15) is 4.39 Å².